The highest BCUT2D eigenvalue weighted by Gasteiger charge is 2.56. The summed E-state index contributed by atoms with van der Waals surface area (Å²) < 4.78 is 40.0. The van der Waals surface area contributed by atoms with Gasteiger partial charge >= 0.3 is 5.97 Å². The van der Waals surface area contributed by atoms with Crippen LogP contribution in [0.3, 0.4) is 0 Å². The Morgan fingerprint density at radius 2 is 1.68 bits per heavy atom. The summed E-state index contributed by atoms with van der Waals surface area (Å²) in [6.07, 6.45) is -0.280. The molecule has 0 aromatic rings. The Morgan fingerprint density at radius 1 is 1.02 bits per heavy atom. The Kier molecular flexibility index (Phi) is 16.4. The number of nitrogens with two attached hydrogens (primary N) is 1. The van der Waals surface area contributed by atoms with Gasteiger partial charge in [0.1, 0.15) is 30.2 Å². The number of hydrogen-bond acceptors (Lipinski definition) is 12. The lowest BCUT2D eigenvalue weighted by Crippen LogP contribution is -2.64. The second-order valence-electron chi connectivity index (χ2n) is 17.0. The van der Waals surface area contributed by atoms with E-state index in [-0.39, 0.29) is 43.9 Å². The monoisotopic (exact) mass is 794 g/mol. The van der Waals surface area contributed by atoms with Crippen LogP contribution < -0.4 is 5.73 Å². The maximum Gasteiger partial charge on any atom is 0.329 e. The molecule has 3 fully saturated rings. The highest BCUT2D eigenvalue weighted by Crippen LogP contribution is 2.39. The number of carbonyl (C=O) groups is 4. The number of aliphatic hydroxyl groups is 3. The molecule has 4 aliphatic rings. The smallest absolute Gasteiger partial charge is 0.329 e. The van der Waals surface area contributed by atoms with Crippen LogP contribution in [0.5, 0.6) is 0 Å². The van der Waals surface area contributed by atoms with Crippen LogP contribution >= 0.6 is 0 Å². The molecule has 1 aliphatic carbocycles. The molecule has 0 radical (unpaired) electrons. The molecule has 4 rings (SSSR count). The fourth-order valence-electron chi connectivity index (χ4n) is 9.12. The van der Waals surface area contributed by atoms with Crippen LogP contribution in [-0.4, -0.2) is 125 Å². The Bertz CT molecular complexity index is 1460. The minimum atomic E-state index is -2.60. The van der Waals surface area contributed by atoms with E-state index in [4.69, 9.17) is 24.7 Å². The van der Waals surface area contributed by atoms with E-state index in [1.54, 1.807) is 40.7 Å². The van der Waals surface area contributed by atoms with Crippen LogP contribution in [0.2, 0.25) is 0 Å². The molecule has 0 aromatic heterocycles. The van der Waals surface area contributed by atoms with Crippen LogP contribution in [-0.2, 0) is 38.1 Å². The van der Waals surface area contributed by atoms with E-state index in [0.717, 1.165) is 4.90 Å². The first kappa shape index (κ1) is 46.1. The van der Waals surface area contributed by atoms with Gasteiger partial charge in [0, 0.05) is 51.0 Å². The van der Waals surface area contributed by atoms with Crippen molar-refractivity contribution in [3.63, 3.8) is 0 Å². The van der Waals surface area contributed by atoms with E-state index in [0.29, 0.717) is 49.7 Å². The molecule has 2 bridgehead atoms. The summed E-state index contributed by atoms with van der Waals surface area (Å²) in [7, 11) is 2.87. The quantitative estimate of drug-likeness (QED) is 0.179. The number of rotatable bonds is 5. The number of methoxy groups -OCH3 is 2. The van der Waals surface area contributed by atoms with Crippen LogP contribution in [0.4, 0.5) is 4.39 Å². The summed E-state index contributed by atoms with van der Waals surface area (Å²) in [5.74, 6) is -9.11. The van der Waals surface area contributed by atoms with Gasteiger partial charge in [0.25, 0.3) is 11.7 Å². The van der Waals surface area contributed by atoms with Crippen molar-refractivity contribution in [2.45, 2.75) is 166 Å². The molecular formula is C42H67FN2O11. The average molecular weight is 795 g/mol. The van der Waals surface area contributed by atoms with Gasteiger partial charge in [-0.25, -0.2) is 9.18 Å². The molecule has 318 valence electrons. The largest absolute Gasteiger partial charge is 0.456 e. The zero-order valence-corrected chi connectivity index (χ0v) is 34.5. The summed E-state index contributed by atoms with van der Waals surface area (Å²) in [5, 5.41) is 33.8. The van der Waals surface area contributed by atoms with Crippen molar-refractivity contribution in [2.24, 2.45) is 35.3 Å². The molecule has 56 heavy (non-hydrogen) atoms. The first-order valence-corrected chi connectivity index (χ1v) is 20.5. The zero-order chi connectivity index (χ0) is 41.6. The lowest BCUT2D eigenvalue weighted by atomic mass is 9.81. The van der Waals surface area contributed by atoms with Crippen molar-refractivity contribution in [3.05, 3.63) is 23.3 Å². The van der Waals surface area contributed by atoms with Gasteiger partial charge in [-0.2, -0.15) is 0 Å². The molecule has 5 N–H and O–H groups in total. The molecule has 15 unspecified atom stereocenters. The van der Waals surface area contributed by atoms with Crippen molar-refractivity contribution in [3.8, 4) is 0 Å². The molecule has 13 nitrogen and oxygen atoms in total. The Morgan fingerprint density at radius 3 is 2.30 bits per heavy atom. The van der Waals surface area contributed by atoms with E-state index >= 15 is 4.39 Å². The van der Waals surface area contributed by atoms with Crippen LogP contribution in [0.25, 0.3) is 0 Å². The third-order valence-corrected chi connectivity index (χ3v) is 12.9. The highest BCUT2D eigenvalue weighted by atomic mass is 19.1. The molecule has 14 heteroatoms. The standard InChI is InChI=1S/C42H67FN2O11/c1-9-28-17-22(2)36(43)23(3)18-34(53-7)38-35(54-8)19-25(5)42(52,56-38)39(49)40(50)45-15-11-10-12-30(45)41(51)55-37(26(6)32(47)21-33(28)48)24(4)16-27-13-14-31(46)29(44)20-27/h16-17,23,25-32,34-38,46-47,52H,9-15,18-21,44H2,1-8H3/b22-17+,24-16?. The van der Waals surface area contributed by atoms with Crippen molar-refractivity contribution in [1.29, 1.82) is 0 Å². The van der Waals surface area contributed by atoms with Crippen molar-refractivity contribution in [1.82, 2.24) is 4.90 Å². The van der Waals surface area contributed by atoms with Gasteiger partial charge in [0.05, 0.1) is 24.4 Å². The topological polar surface area (TPSA) is 195 Å². The molecule has 0 aromatic carbocycles. The van der Waals surface area contributed by atoms with E-state index < -0.39 is 102 Å². The average Bonchev–Trinajstić information content (AvgIpc) is 3.18. The lowest BCUT2D eigenvalue weighted by molar-refractivity contribution is -0.302. The number of ether oxygens (including phenoxy) is 4. The Hall–Kier alpha value is -2.59. The lowest BCUT2D eigenvalue weighted by Gasteiger charge is -2.47. The van der Waals surface area contributed by atoms with Gasteiger partial charge in [-0.05, 0) is 94.6 Å². The van der Waals surface area contributed by atoms with Crippen molar-refractivity contribution >= 4 is 23.4 Å². The van der Waals surface area contributed by atoms with E-state index in [1.807, 2.05) is 13.0 Å². The second-order valence-corrected chi connectivity index (χ2v) is 17.0. The number of aliphatic hydroxyl groups excluding tert-OH is 2. The summed E-state index contributed by atoms with van der Waals surface area (Å²) in [6, 6.07) is -1.61. The molecule has 15 atom stereocenters. The SMILES string of the molecule is CCC1/C=C(\C)C(F)C(C)CC(OC)C2OC(O)(C(=O)C(=O)N3CCCCC3C(=O)OC(C(C)=CC3CCC(O)C(N)C3)C(C)C(O)CC1=O)C(C)CC2OC. The minimum Gasteiger partial charge on any atom is -0.456 e. The second kappa shape index (κ2) is 19.9. The van der Waals surface area contributed by atoms with Crippen molar-refractivity contribution < 1.29 is 57.8 Å². The zero-order valence-electron chi connectivity index (χ0n) is 34.5. The number of alkyl halides is 1. The number of allylic oxidation sites excluding steroid dienone is 3. The number of esters is 1. The van der Waals surface area contributed by atoms with Gasteiger partial charge in [0.15, 0.2) is 0 Å². The van der Waals surface area contributed by atoms with E-state index in [9.17, 15) is 34.5 Å². The predicted octanol–water partition coefficient (Wildman–Crippen LogP) is 3.73. The van der Waals surface area contributed by atoms with E-state index in [2.05, 4.69) is 0 Å². The Balaban J connectivity index is 1.79. The van der Waals surface area contributed by atoms with Gasteiger partial charge in [-0.15, -0.1) is 0 Å². The van der Waals surface area contributed by atoms with Gasteiger partial charge in [-0.3, -0.25) is 14.4 Å². The number of cyclic esters (lactones) is 1. The molecule has 3 heterocycles. The number of amides is 1. The number of fused-ring (bicyclic) bond motifs is 3. The van der Waals surface area contributed by atoms with Gasteiger partial charge in [-0.1, -0.05) is 39.8 Å². The molecule has 1 amide bonds. The summed E-state index contributed by atoms with van der Waals surface area (Å²) in [4.78, 5) is 57.4. The third kappa shape index (κ3) is 10.3. The first-order valence-electron chi connectivity index (χ1n) is 20.5. The number of Topliss-reactive ketones (excluding diaryl/α,β-unsaturated/α-hetero) is 2. The van der Waals surface area contributed by atoms with Crippen LogP contribution in [0.1, 0.15) is 106 Å². The number of hydrogen-bond donors (Lipinski definition) is 4. The molecule has 2 saturated heterocycles. The number of nitrogens with zero attached hydrogens (tertiary/aromatic N) is 1. The Labute approximate surface area is 331 Å². The summed E-state index contributed by atoms with van der Waals surface area (Å²) in [6.45, 7) is 10.2. The number of halogens is 1. The number of piperidine rings is 1. The third-order valence-electron chi connectivity index (χ3n) is 12.9. The number of carbonyl (C=O) groups excluding carboxylic acids is 4. The first-order chi connectivity index (χ1) is 26.4. The van der Waals surface area contributed by atoms with Gasteiger partial charge < -0.3 is 44.9 Å². The molecular weight excluding hydrogens is 727 g/mol. The normalized spacial score (nSPS) is 42.9. The summed E-state index contributed by atoms with van der Waals surface area (Å²) in [5.41, 5.74) is 7.12. The minimum absolute atomic E-state index is 0.0420. The molecule has 3 aliphatic heterocycles. The molecule has 0 spiro atoms. The van der Waals surface area contributed by atoms with Gasteiger partial charge in [0.2, 0.25) is 5.79 Å². The molecule has 1 saturated carbocycles. The van der Waals surface area contributed by atoms with Crippen LogP contribution in [0.15, 0.2) is 23.3 Å². The maximum atomic E-state index is 16.2. The maximum absolute atomic E-state index is 16.2. The van der Waals surface area contributed by atoms with Crippen molar-refractivity contribution in [2.75, 3.05) is 20.8 Å². The highest BCUT2D eigenvalue weighted by molar-refractivity contribution is 6.39. The fourth-order valence-corrected chi connectivity index (χ4v) is 9.12. The summed E-state index contributed by atoms with van der Waals surface area (Å²) >= 11 is 0. The van der Waals surface area contributed by atoms with Crippen LogP contribution in [0, 0.1) is 29.6 Å². The van der Waals surface area contributed by atoms with E-state index in [1.165, 1.54) is 14.2 Å². The fraction of sp³-hybridized carbons (Fsp3) is 0.810. The predicted molar refractivity (Wildman–Crippen MR) is 206 cm³/mol. The number of ketones is 2.